The highest BCUT2D eigenvalue weighted by molar-refractivity contribution is 7.89. The van der Waals surface area contributed by atoms with Crippen molar-refractivity contribution in [2.75, 3.05) is 13.1 Å². The first kappa shape index (κ1) is 20.4. The van der Waals surface area contributed by atoms with Crippen LogP contribution in [0.15, 0.2) is 53.6 Å². The maximum absolute atomic E-state index is 13.4. The van der Waals surface area contributed by atoms with Gasteiger partial charge in [-0.05, 0) is 29.8 Å². The van der Waals surface area contributed by atoms with Gasteiger partial charge in [0.25, 0.3) is 5.69 Å². The van der Waals surface area contributed by atoms with Gasteiger partial charge in [-0.1, -0.05) is 6.07 Å². The lowest BCUT2D eigenvalue weighted by Gasteiger charge is -2.08. The van der Waals surface area contributed by atoms with Crippen LogP contribution in [0.3, 0.4) is 0 Å². The van der Waals surface area contributed by atoms with Gasteiger partial charge in [0.15, 0.2) is 0 Å². The fourth-order valence-electron chi connectivity index (χ4n) is 2.77. The van der Waals surface area contributed by atoms with Crippen LogP contribution in [0.4, 0.5) is 10.1 Å². The van der Waals surface area contributed by atoms with Crippen molar-refractivity contribution in [1.29, 1.82) is 0 Å². The number of aromatic amines is 1. The third-order valence-corrected chi connectivity index (χ3v) is 5.62. The molecule has 2 aromatic carbocycles. The summed E-state index contributed by atoms with van der Waals surface area (Å²) >= 11 is 0. The van der Waals surface area contributed by atoms with Crippen LogP contribution < -0.4 is 10.0 Å². The van der Waals surface area contributed by atoms with Crippen LogP contribution in [0, 0.1) is 15.9 Å². The number of carbonyl (C=O) groups excluding carboxylic acids is 1. The lowest BCUT2D eigenvalue weighted by molar-refractivity contribution is -0.385. The minimum absolute atomic E-state index is 0.00107. The summed E-state index contributed by atoms with van der Waals surface area (Å²) in [4.78, 5) is 24.9. The first-order chi connectivity index (χ1) is 13.8. The van der Waals surface area contributed by atoms with Gasteiger partial charge in [-0.25, -0.2) is 17.5 Å². The summed E-state index contributed by atoms with van der Waals surface area (Å²) in [6, 6.07) is 8.89. The molecule has 152 valence electrons. The highest BCUT2D eigenvalue weighted by Crippen LogP contribution is 2.20. The largest absolute Gasteiger partial charge is 0.361 e. The minimum atomic E-state index is -3.95. The first-order valence-corrected chi connectivity index (χ1v) is 10.0. The standard InChI is InChI=1S/C18H17FN4O5S/c19-13-4-5-17-16(9-13)12(11-21-17)8-18(24)20-6-7-22-29(27,28)15-3-1-2-14(10-15)23(25)26/h1-5,9-11,21-22H,6-8H2,(H,20,24). The number of nitro benzene ring substituents is 1. The highest BCUT2D eigenvalue weighted by Gasteiger charge is 2.17. The molecule has 0 aliphatic rings. The Kier molecular flexibility index (Phi) is 5.89. The Morgan fingerprint density at radius 1 is 1.17 bits per heavy atom. The van der Waals surface area contributed by atoms with Crippen molar-refractivity contribution in [2.24, 2.45) is 0 Å². The molecular formula is C18H17FN4O5S. The first-order valence-electron chi connectivity index (χ1n) is 8.52. The zero-order chi connectivity index (χ0) is 21.0. The topological polar surface area (TPSA) is 134 Å². The second-order valence-electron chi connectivity index (χ2n) is 6.18. The zero-order valence-corrected chi connectivity index (χ0v) is 15.8. The van der Waals surface area contributed by atoms with Crippen LogP contribution in [0.1, 0.15) is 5.56 Å². The smallest absolute Gasteiger partial charge is 0.270 e. The molecule has 11 heteroatoms. The maximum atomic E-state index is 13.4. The van der Waals surface area contributed by atoms with Crippen molar-refractivity contribution in [3.05, 3.63) is 70.2 Å². The number of amides is 1. The molecule has 0 fully saturated rings. The third kappa shape index (κ3) is 4.95. The van der Waals surface area contributed by atoms with E-state index in [0.29, 0.717) is 16.5 Å². The molecule has 3 aromatic rings. The monoisotopic (exact) mass is 420 g/mol. The molecule has 0 bridgehead atoms. The number of sulfonamides is 1. The number of rotatable bonds is 8. The van der Waals surface area contributed by atoms with Gasteiger partial charge in [0.1, 0.15) is 5.82 Å². The minimum Gasteiger partial charge on any atom is -0.361 e. The Bertz CT molecular complexity index is 1180. The third-order valence-electron chi connectivity index (χ3n) is 4.16. The molecule has 29 heavy (non-hydrogen) atoms. The van der Waals surface area contributed by atoms with E-state index in [1.165, 1.54) is 30.3 Å². The van der Waals surface area contributed by atoms with Crippen molar-refractivity contribution >= 4 is 32.5 Å². The number of aromatic nitrogens is 1. The van der Waals surface area contributed by atoms with Crippen molar-refractivity contribution in [2.45, 2.75) is 11.3 Å². The zero-order valence-electron chi connectivity index (χ0n) is 15.0. The van der Waals surface area contributed by atoms with E-state index in [9.17, 15) is 27.7 Å². The van der Waals surface area contributed by atoms with E-state index in [2.05, 4.69) is 15.0 Å². The second-order valence-corrected chi connectivity index (χ2v) is 7.95. The van der Waals surface area contributed by atoms with Gasteiger partial charge in [0, 0.05) is 42.3 Å². The van der Waals surface area contributed by atoms with E-state index in [0.717, 1.165) is 6.07 Å². The van der Waals surface area contributed by atoms with Gasteiger partial charge in [-0.3, -0.25) is 14.9 Å². The van der Waals surface area contributed by atoms with Gasteiger partial charge in [0.2, 0.25) is 15.9 Å². The number of halogens is 1. The van der Waals surface area contributed by atoms with Gasteiger partial charge in [-0.2, -0.15) is 0 Å². The van der Waals surface area contributed by atoms with E-state index in [4.69, 9.17) is 0 Å². The molecule has 1 aromatic heterocycles. The normalized spacial score (nSPS) is 11.5. The summed E-state index contributed by atoms with van der Waals surface area (Å²) < 4.78 is 40.1. The van der Waals surface area contributed by atoms with E-state index in [1.54, 1.807) is 12.3 Å². The van der Waals surface area contributed by atoms with Crippen LogP contribution in [-0.4, -0.2) is 37.3 Å². The van der Waals surface area contributed by atoms with Gasteiger partial charge in [0.05, 0.1) is 16.2 Å². The summed E-state index contributed by atoms with van der Waals surface area (Å²) in [5.74, 6) is -0.765. The fraction of sp³-hybridized carbons (Fsp3) is 0.167. The average molecular weight is 420 g/mol. The summed E-state index contributed by atoms with van der Waals surface area (Å²) in [6.07, 6.45) is 1.62. The van der Waals surface area contributed by atoms with Gasteiger partial charge >= 0.3 is 0 Å². The molecule has 0 saturated carbocycles. The Morgan fingerprint density at radius 2 is 1.97 bits per heavy atom. The molecule has 3 N–H and O–H groups in total. The van der Waals surface area contributed by atoms with Crippen molar-refractivity contribution < 1.29 is 22.5 Å². The average Bonchev–Trinajstić information content (AvgIpc) is 3.07. The van der Waals surface area contributed by atoms with E-state index in [1.807, 2.05) is 0 Å². The molecular weight excluding hydrogens is 403 g/mol. The van der Waals surface area contributed by atoms with E-state index >= 15 is 0 Å². The number of nitrogens with zero attached hydrogens (tertiary/aromatic N) is 1. The van der Waals surface area contributed by atoms with Gasteiger partial charge < -0.3 is 10.3 Å². The molecule has 0 atom stereocenters. The van der Waals surface area contributed by atoms with Crippen LogP contribution in [0.5, 0.6) is 0 Å². The van der Waals surface area contributed by atoms with Crippen molar-refractivity contribution in [1.82, 2.24) is 15.0 Å². The second kappa shape index (κ2) is 8.37. The molecule has 0 unspecified atom stereocenters. The number of carbonyl (C=O) groups is 1. The fourth-order valence-corrected chi connectivity index (χ4v) is 3.84. The molecule has 3 rings (SSSR count). The summed E-state index contributed by atoms with van der Waals surface area (Å²) in [5.41, 5.74) is 0.990. The molecule has 0 aliphatic heterocycles. The predicted molar refractivity (Wildman–Crippen MR) is 103 cm³/mol. The number of benzene rings is 2. The van der Waals surface area contributed by atoms with Gasteiger partial charge in [-0.15, -0.1) is 0 Å². The van der Waals surface area contributed by atoms with E-state index < -0.39 is 20.8 Å². The number of H-pyrrole nitrogens is 1. The van der Waals surface area contributed by atoms with Crippen LogP contribution in [0.2, 0.25) is 0 Å². The molecule has 0 radical (unpaired) electrons. The Morgan fingerprint density at radius 3 is 2.72 bits per heavy atom. The SMILES string of the molecule is O=C(Cc1c[nH]c2ccc(F)cc12)NCCNS(=O)(=O)c1cccc([N+](=O)[O-])c1. The maximum Gasteiger partial charge on any atom is 0.270 e. The number of nitro groups is 1. The Balaban J connectivity index is 1.53. The molecule has 1 heterocycles. The lowest BCUT2D eigenvalue weighted by atomic mass is 10.1. The molecule has 0 saturated heterocycles. The lowest BCUT2D eigenvalue weighted by Crippen LogP contribution is -2.35. The summed E-state index contributed by atoms with van der Waals surface area (Å²) in [7, 11) is -3.95. The predicted octanol–water partition coefficient (Wildman–Crippen LogP) is 1.85. The molecule has 0 aliphatic carbocycles. The van der Waals surface area contributed by atoms with Crippen LogP contribution >= 0.6 is 0 Å². The molecule has 1 amide bonds. The van der Waals surface area contributed by atoms with E-state index in [-0.39, 0.29) is 36.0 Å². The highest BCUT2D eigenvalue weighted by atomic mass is 32.2. The molecule has 0 spiro atoms. The summed E-state index contributed by atoms with van der Waals surface area (Å²) in [6.45, 7) is -0.0804. The number of hydrogen-bond acceptors (Lipinski definition) is 5. The number of fused-ring (bicyclic) bond motifs is 1. The Labute approximate surface area is 165 Å². The van der Waals surface area contributed by atoms with Crippen molar-refractivity contribution in [3.63, 3.8) is 0 Å². The number of non-ortho nitro benzene ring substituents is 1. The number of nitrogens with one attached hydrogen (secondary N) is 3. The Hall–Kier alpha value is -3.31. The quantitative estimate of drug-likeness (QED) is 0.290. The number of hydrogen-bond donors (Lipinski definition) is 3. The van der Waals surface area contributed by atoms with Crippen LogP contribution in [-0.2, 0) is 21.2 Å². The molecule has 9 nitrogen and oxygen atoms in total. The van der Waals surface area contributed by atoms with Crippen molar-refractivity contribution in [3.8, 4) is 0 Å². The summed E-state index contributed by atoms with van der Waals surface area (Å²) in [5, 5.41) is 13.9. The van der Waals surface area contributed by atoms with Crippen LogP contribution in [0.25, 0.3) is 10.9 Å².